The first-order valence-electron chi connectivity index (χ1n) is 8.14. The van der Waals surface area contributed by atoms with Crippen molar-refractivity contribution < 1.29 is 13.2 Å². The zero-order valence-corrected chi connectivity index (χ0v) is 14.5. The summed E-state index contributed by atoms with van der Waals surface area (Å²) in [4.78, 5) is 10.2. The minimum Gasteiger partial charge on any atom is -0.393 e. The number of hydrogen-bond donors (Lipinski definition) is 2. The Morgan fingerprint density at radius 1 is 1.00 bits per heavy atom. The lowest BCUT2D eigenvalue weighted by atomic mass is 10.2. The lowest BCUT2D eigenvalue weighted by Crippen LogP contribution is -2.20. The quantitative estimate of drug-likeness (QED) is 0.691. The molecule has 1 aromatic heterocycles. The molecule has 8 heteroatoms. The van der Waals surface area contributed by atoms with Gasteiger partial charge in [0.15, 0.2) is 11.6 Å². The zero-order chi connectivity index (χ0) is 19.4. The fourth-order valence-corrected chi connectivity index (χ4v) is 2.60. The Labute approximate surface area is 154 Å². The van der Waals surface area contributed by atoms with Crippen molar-refractivity contribution in [1.82, 2.24) is 9.97 Å². The SMILES string of the molecule is CN(Cc1ccccc1)c1ncnc(Nc2ccc(C(F)(F)F)cc2)c1N. The van der Waals surface area contributed by atoms with Crippen molar-refractivity contribution >= 4 is 23.0 Å². The normalized spacial score (nSPS) is 11.3. The van der Waals surface area contributed by atoms with Crippen LogP contribution < -0.4 is 16.0 Å². The summed E-state index contributed by atoms with van der Waals surface area (Å²) < 4.78 is 38.0. The molecule has 5 nitrogen and oxygen atoms in total. The first-order chi connectivity index (χ1) is 12.8. The summed E-state index contributed by atoms with van der Waals surface area (Å²) in [5.41, 5.74) is 7.32. The van der Waals surface area contributed by atoms with Crippen LogP contribution in [0.15, 0.2) is 60.9 Å². The average Bonchev–Trinajstić information content (AvgIpc) is 2.64. The van der Waals surface area contributed by atoms with Crippen LogP contribution >= 0.6 is 0 Å². The van der Waals surface area contributed by atoms with E-state index < -0.39 is 11.7 Å². The molecule has 0 amide bonds. The molecule has 0 unspecified atom stereocenters. The molecule has 0 atom stereocenters. The van der Waals surface area contributed by atoms with E-state index >= 15 is 0 Å². The molecule has 0 aliphatic rings. The molecule has 27 heavy (non-hydrogen) atoms. The van der Waals surface area contributed by atoms with Crippen molar-refractivity contribution in [2.75, 3.05) is 23.0 Å². The second-order valence-electron chi connectivity index (χ2n) is 6.00. The first kappa shape index (κ1) is 18.5. The number of rotatable bonds is 5. The van der Waals surface area contributed by atoms with E-state index in [1.54, 1.807) is 0 Å². The van der Waals surface area contributed by atoms with Crippen LogP contribution in [-0.2, 0) is 12.7 Å². The first-order valence-corrected chi connectivity index (χ1v) is 8.14. The molecule has 0 radical (unpaired) electrons. The third-order valence-electron chi connectivity index (χ3n) is 3.96. The van der Waals surface area contributed by atoms with E-state index in [9.17, 15) is 13.2 Å². The van der Waals surface area contributed by atoms with Gasteiger partial charge in [-0.25, -0.2) is 9.97 Å². The molecule has 0 spiro atoms. The van der Waals surface area contributed by atoms with Crippen molar-refractivity contribution in [3.05, 3.63) is 72.1 Å². The molecule has 0 aliphatic carbocycles. The van der Waals surface area contributed by atoms with Crippen molar-refractivity contribution in [1.29, 1.82) is 0 Å². The van der Waals surface area contributed by atoms with E-state index in [4.69, 9.17) is 5.73 Å². The van der Waals surface area contributed by atoms with Crippen LogP contribution in [-0.4, -0.2) is 17.0 Å². The molecule has 3 aromatic rings. The fraction of sp³-hybridized carbons (Fsp3) is 0.158. The third-order valence-corrected chi connectivity index (χ3v) is 3.96. The third kappa shape index (κ3) is 4.46. The summed E-state index contributed by atoms with van der Waals surface area (Å²) in [7, 11) is 1.85. The fourth-order valence-electron chi connectivity index (χ4n) is 2.60. The van der Waals surface area contributed by atoms with Gasteiger partial charge in [0, 0.05) is 19.3 Å². The van der Waals surface area contributed by atoms with E-state index in [0.717, 1.165) is 17.7 Å². The molecule has 0 saturated heterocycles. The smallest absolute Gasteiger partial charge is 0.393 e. The van der Waals surface area contributed by atoms with Gasteiger partial charge in [-0.2, -0.15) is 13.2 Å². The van der Waals surface area contributed by atoms with Crippen LogP contribution in [0.25, 0.3) is 0 Å². The van der Waals surface area contributed by atoms with Crippen molar-refractivity contribution in [2.24, 2.45) is 0 Å². The van der Waals surface area contributed by atoms with E-state index in [1.165, 1.54) is 18.5 Å². The summed E-state index contributed by atoms with van der Waals surface area (Å²) in [5, 5.41) is 2.94. The maximum absolute atomic E-state index is 12.7. The van der Waals surface area contributed by atoms with Crippen LogP contribution in [0.3, 0.4) is 0 Å². The summed E-state index contributed by atoms with van der Waals surface area (Å²) in [5.74, 6) is 0.864. The molecule has 0 fully saturated rings. The number of nitrogens with zero attached hydrogens (tertiary/aromatic N) is 3. The van der Waals surface area contributed by atoms with Crippen molar-refractivity contribution in [3.63, 3.8) is 0 Å². The van der Waals surface area contributed by atoms with Gasteiger partial charge < -0.3 is 16.0 Å². The summed E-state index contributed by atoms with van der Waals surface area (Å²) in [6.45, 7) is 0.599. The number of anilines is 4. The molecule has 140 valence electrons. The number of nitrogen functional groups attached to an aromatic ring is 1. The minimum absolute atomic E-state index is 0.316. The number of benzene rings is 2. The summed E-state index contributed by atoms with van der Waals surface area (Å²) in [6, 6.07) is 14.5. The van der Waals surface area contributed by atoms with Crippen LogP contribution in [0.2, 0.25) is 0 Å². The predicted molar refractivity (Wildman–Crippen MR) is 99.7 cm³/mol. The zero-order valence-electron chi connectivity index (χ0n) is 14.5. The highest BCUT2D eigenvalue weighted by atomic mass is 19.4. The number of halogens is 3. The Balaban J connectivity index is 1.78. The maximum atomic E-state index is 12.7. The van der Waals surface area contributed by atoms with E-state index in [-0.39, 0.29) is 0 Å². The van der Waals surface area contributed by atoms with Gasteiger partial charge in [-0.1, -0.05) is 30.3 Å². The van der Waals surface area contributed by atoms with E-state index in [0.29, 0.717) is 29.6 Å². The van der Waals surface area contributed by atoms with Gasteiger partial charge in [0.05, 0.1) is 5.56 Å². The van der Waals surface area contributed by atoms with Crippen LogP contribution in [0.5, 0.6) is 0 Å². The van der Waals surface area contributed by atoms with Gasteiger partial charge in [-0.05, 0) is 29.8 Å². The highest BCUT2D eigenvalue weighted by Crippen LogP contribution is 2.32. The molecule has 0 saturated carbocycles. The molecule has 0 bridgehead atoms. The standard InChI is InChI=1S/C19H18F3N5/c1-27(11-13-5-3-2-4-6-13)18-16(23)17(24-12-25-18)26-15-9-7-14(8-10-15)19(20,21)22/h2-10,12H,11,23H2,1H3,(H,24,25,26). The molecule has 1 heterocycles. The Hall–Kier alpha value is -3.29. The highest BCUT2D eigenvalue weighted by molar-refractivity contribution is 5.78. The number of hydrogen-bond acceptors (Lipinski definition) is 5. The topological polar surface area (TPSA) is 67.1 Å². The lowest BCUT2D eigenvalue weighted by Gasteiger charge is -2.21. The van der Waals surface area contributed by atoms with E-state index in [2.05, 4.69) is 15.3 Å². The molecular formula is C19H18F3N5. The Bertz CT molecular complexity index is 895. The summed E-state index contributed by atoms with van der Waals surface area (Å²) >= 11 is 0. The number of nitrogens with one attached hydrogen (secondary N) is 1. The van der Waals surface area contributed by atoms with Gasteiger partial charge in [-0.3, -0.25) is 0 Å². The predicted octanol–water partition coefficient (Wildman–Crippen LogP) is 4.46. The summed E-state index contributed by atoms with van der Waals surface area (Å²) in [6.07, 6.45) is -3.01. The van der Waals surface area contributed by atoms with Crippen LogP contribution in [0, 0.1) is 0 Å². The molecular weight excluding hydrogens is 355 g/mol. The van der Waals surface area contributed by atoms with Gasteiger partial charge in [0.2, 0.25) is 0 Å². The molecule has 0 aliphatic heterocycles. The molecule has 2 aromatic carbocycles. The van der Waals surface area contributed by atoms with Crippen LogP contribution in [0.1, 0.15) is 11.1 Å². The second kappa shape index (κ2) is 7.53. The van der Waals surface area contributed by atoms with Crippen molar-refractivity contribution in [2.45, 2.75) is 12.7 Å². The number of alkyl halides is 3. The number of nitrogens with two attached hydrogens (primary N) is 1. The van der Waals surface area contributed by atoms with E-state index in [1.807, 2.05) is 42.3 Å². The number of aromatic nitrogens is 2. The van der Waals surface area contributed by atoms with Crippen LogP contribution in [0.4, 0.5) is 36.2 Å². The van der Waals surface area contributed by atoms with Gasteiger partial charge in [-0.15, -0.1) is 0 Å². The van der Waals surface area contributed by atoms with Crippen molar-refractivity contribution in [3.8, 4) is 0 Å². The van der Waals surface area contributed by atoms with Gasteiger partial charge in [0.25, 0.3) is 0 Å². The van der Waals surface area contributed by atoms with Gasteiger partial charge >= 0.3 is 6.18 Å². The lowest BCUT2D eigenvalue weighted by molar-refractivity contribution is -0.137. The molecule has 3 rings (SSSR count). The highest BCUT2D eigenvalue weighted by Gasteiger charge is 2.30. The monoisotopic (exact) mass is 373 g/mol. The van der Waals surface area contributed by atoms with Gasteiger partial charge in [0.1, 0.15) is 12.0 Å². The largest absolute Gasteiger partial charge is 0.416 e. The second-order valence-corrected chi connectivity index (χ2v) is 6.00. The Kier molecular flexibility index (Phi) is 5.16. The minimum atomic E-state index is -4.38. The Morgan fingerprint density at radius 3 is 2.30 bits per heavy atom. The molecule has 3 N–H and O–H groups in total. The maximum Gasteiger partial charge on any atom is 0.416 e. The average molecular weight is 373 g/mol. The Morgan fingerprint density at radius 2 is 1.67 bits per heavy atom.